The van der Waals surface area contributed by atoms with Crippen molar-refractivity contribution in [2.75, 3.05) is 19.6 Å². The van der Waals surface area contributed by atoms with Gasteiger partial charge < -0.3 is 20.5 Å². The third-order valence-corrected chi connectivity index (χ3v) is 1.32. The van der Waals surface area contributed by atoms with Crippen LogP contribution in [-0.4, -0.2) is 30.6 Å². The lowest BCUT2D eigenvalue weighted by atomic mass is 9.96. The molecule has 0 radical (unpaired) electrons. The minimum atomic E-state index is -1.14. The average molecular weight is 173 g/mol. The van der Waals surface area contributed by atoms with Crippen molar-refractivity contribution in [3.63, 3.8) is 0 Å². The van der Waals surface area contributed by atoms with E-state index in [1.165, 1.54) is 4.90 Å². The Balaban J connectivity index is 4.05. The summed E-state index contributed by atoms with van der Waals surface area (Å²) in [4.78, 5) is 11.8. The fourth-order valence-electron chi connectivity index (χ4n) is 0.963. The van der Waals surface area contributed by atoms with Crippen LogP contribution in [0.2, 0.25) is 0 Å². The van der Waals surface area contributed by atoms with Crippen molar-refractivity contribution in [3.8, 4) is 0 Å². The minimum Gasteiger partial charge on any atom is -0.530 e. The summed E-state index contributed by atoms with van der Waals surface area (Å²) in [5, 5.41) is 10.5. The van der Waals surface area contributed by atoms with Crippen molar-refractivity contribution in [3.05, 3.63) is 0 Å². The molecular weight excluding hydrogens is 156 g/mol. The first-order chi connectivity index (χ1) is 5.37. The van der Waals surface area contributed by atoms with E-state index in [0.717, 1.165) is 0 Å². The number of nitrogens with two attached hydrogens (primary N) is 1. The second-order valence-electron chi connectivity index (χ2n) is 4.04. The molecular formula is C8H17N2O2-. The SMILES string of the molecule is CC(C)(C)CN(CCN)C(=O)[O-]. The molecule has 0 rings (SSSR count). The van der Waals surface area contributed by atoms with Gasteiger partial charge in [-0.2, -0.15) is 0 Å². The van der Waals surface area contributed by atoms with E-state index in [9.17, 15) is 9.90 Å². The number of nitrogens with zero attached hydrogens (tertiary/aromatic N) is 1. The summed E-state index contributed by atoms with van der Waals surface area (Å²) in [5.41, 5.74) is 5.21. The molecule has 4 heteroatoms. The van der Waals surface area contributed by atoms with Crippen molar-refractivity contribution in [2.45, 2.75) is 20.8 Å². The van der Waals surface area contributed by atoms with Crippen molar-refractivity contribution in [2.24, 2.45) is 11.1 Å². The summed E-state index contributed by atoms with van der Waals surface area (Å²) in [7, 11) is 0. The fourth-order valence-corrected chi connectivity index (χ4v) is 0.963. The Hall–Kier alpha value is -0.770. The Morgan fingerprint density at radius 2 is 2.00 bits per heavy atom. The maximum Gasteiger partial charge on any atom is 0.136 e. The molecule has 1 amide bonds. The van der Waals surface area contributed by atoms with Crippen LogP contribution in [0.15, 0.2) is 0 Å². The Morgan fingerprint density at radius 1 is 1.50 bits per heavy atom. The van der Waals surface area contributed by atoms with Gasteiger partial charge in [-0.1, -0.05) is 20.8 Å². The normalized spacial score (nSPS) is 11.3. The van der Waals surface area contributed by atoms with Gasteiger partial charge in [0.2, 0.25) is 0 Å². The third kappa shape index (κ3) is 4.96. The molecule has 0 bridgehead atoms. The van der Waals surface area contributed by atoms with Crippen LogP contribution in [0.5, 0.6) is 0 Å². The number of hydrogen-bond donors (Lipinski definition) is 1. The van der Waals surface area contributed by atoms with Crippen LogP contribution >= 0.6 is 0 Å². The molecule has 0 aromatic heterocycles. The minimum absolute atomic E-state index is 0.0464. The van der Waals surface area contributed by atoms with Crippen molar-refractivity contribution in [1.82, 2.24) is 4.90 Å². The van der Waals surface area contributed by atoms with E-state index in [4.69, 9.17) is 5.73 Å². The monoisotopic (exact) mass is 173 g/mol. The summed E-state index contributed by atoms with van der Waals surface area (Å²) in [6, 6.07) is 0. The van der Waals surface area contributed by atoms with Gasteiger partial charge in [-0.25, -0.2) is 0 Å². The summed E-state index contributed by atoms with van der Waals surface area (Å²) >= 11 is 0. The first kappa shape index (κ1) is 11.2. The first-order valence-electron chi connectivity index (χ1n) is 4.03. The quantitative estimate of drug-likeness (QED) is 0.633. The van der Waals surface area contributed by atoms with E-state index in [0.29, 0.717) is 19.6 Å². The zero-order chi connectivity index (χ0) is 9.78. The average Bonchev–Trinajstić information content (AvgIpc) is 1.83. The van der Waals surface area contributed by atoms with Gasteiger partial charge in [-0.05, 0) is 5.41 Å². The first-order valence-corrected chi connectivity index (χ1v) is 4.03. The van der Waals surface area contributed by atoms with Crippen LogP contribution < -0.4 is 10.8 Å². The van der Waals surface area contributed by atoms with E-state index in [1.807, 2.05) is 20.8 Å². The van der Waals surface area contributed by atoms with Crippen LogP contribution in [-0.2, 0) is 0 Å². The Bertz CT molecular complexity index is 152. The fraction of sp³-hybridized carbons (Fsp3) is 0.875. The van der Waals surface area contributed by atoms with Gasteiger partial charge in [0.15, 0.2) is 0 Å². The van der Waals surface area contributed by atoms with E-state index in [1.54, 1.807) is 0 Å². The highest BCUT2D eigenvalue weighted by Crippen LogP contribution is 2.14. The number of hydrogen-bond acceptors (Lipinski definition) is 3. The van der Waals surface area contributed by atoms with Crippen LogP contribution in [0, 0.1) is 5.41 Å². The molecule has 0 fully saturated rings. The van der Waals surface area contributed by atoms with E-state index in [2.05, 4.69) is 0 Å². The molecule has 4 nitrogen and oxygen atoms in total. The van der Waals surface area contributed by atoms with Crippen LogP contribution in [0.3, 0.4) is 0 Å². The summed E-state index contributed by atoms with van der Waals surface area (Å²) in [6.45, 7) is 7.06. The van der Waals surface area contributed by atoms with Crippen LogP contribution in [0.4, 0.5) is 4.79 Å². The van der Waals surface area contributed by atoms with Gasteiger partial charge in [-0.15, -0.1) is 0 Å². The molecule has 2 N–H and O–H groups in total. The molecule has 0 aliphatic carbocycles. The molecule has 0 aromatic carbocycles. The highest BCUT2D eigenvalue weighted by molar-refractivity contribution is 5.62. The summed E-state index contributed by atoms with van der Waals surface area (Å²) < 4.78 is 0. The molecule has 0 aliphatic heterocycles. The maximum absolute atomic E-state index is 10.5. The van der Waals surface area contributed by atoms with E-state index < -0.39 is 6.09 Å². The molecule has 0 saturated carbocycles. The topological polar surface area (TPSA) is 69.4 Å². The summed E-state index contributed by atoms with van der Waals surface area (Å²) in [6.07, 6.45) is -1.14. The second-order valence-corrected chi connectivity index (χ2v) is 4.04. The largest absolute Gasteiger partial charge is 0.530 e. The highest BCUT2D eigenvalue weighted by Gasteiger charge is 2.15. The lowest BCUT2D eigenvalue weighted by molar-refractivity contribution is -0.266. The lowest BCUT2D eigenvalue weighted by Crippen LogP contribution is -2.47. The van der Waals surface area contributed by atoms with Gasteiger partial charge in [0.25, 0.3) is 0 Å². The molecule has 0 unspecified atom stereocenters. The molecule has 72 valence electrons. The molecule has 0 aliphatic rings. The Kier molecular flexibility index (Phi) is 4.03. The van der Waals surface area contributed by atoms with Crippen LogP contribution in [0.25, 0.3) is 0 Å². The number of carbonyl (C=O) groups excluding carboxylic acids is 1. The number of carboxylic acid groups (broad SMARTS) is 1. The smallest absolute Gasteiger partial charge is 0.136 e. The van der Waals surface area contributed by atoms with Crippen molar-refractivity contribution < 1.29 is 9.90 Å². The molecule has 0 heterocycles. The Morgan fingerprint density at radius 3 is 2.25 bits per heavy atom. The van der Waals surface area contributed by atoms with Crippen molar-refractivity contribution >= 4 is 6.09 Å². The number of rotatable bonds is 3. The van der Waals surface area contributed by atoms with Crippen LogP contribution in [0.1, 0.15) is 20.8 Å². The van der Waals surface area contributed by atoms with E-state index in [-0.39, 0.29) is 5.41 Å². The van der Waals surface area contributed by atoms with Gasteiger partial charge in [-0.3, -0.25) is 0 Å². The van der Waals surface area contributed by atoms with Gasteiger partial charge in [0, 0.05) is 19.6 Å². The predicted octanol–water partition coefficient (Wildman–Crippen LogP) is -0.363. The molecule has 12 heavy (non-hydrogen) atoms. The summed E-state index contributed by atoms with van der Waals surface area (Å²) in [5.74, 6) is 0. The highest BCUT2D eigenvalue weighted by atomic mass is 16.4. The van der Waals surface area contributed by atoms with Gasteiger partial charge >= 0.3 is 0 Å². The second kappa shape index (κ2) is 4.30. The van der Waals surface area contributed by atoms with E-state index >= 15 is 0 Å². The molecule has 0 spiro atoms. The zero-order valence-corrected chi connectivity index (χ0v) is 7.96. The van der Waals surface area contributed by atoms with Gasteiger partial charge in [0.05, 0.1) is 0 Å². The Labute approximate surface area is 73.3 Å². The molecule has 0 aromatic rings. The maximum atomic E-state index is 10.5. The molecule has 0 saturated heterocycles. The number of amides is 1. The number of carbonyl (C=O) groups is 1. The molecule has 0 atom stereocenters. The zero-order valence-electron chi connectivity index (χ0n) is 7.96. The standard InChI is InChI=1S/C8H18N2O2/c1-8(2,3)6-10(5-4-9)7(11)12/h4-6,9H2,1-3H3,(H,11,12)/p-1. The van der Waals surface area contributed by atoms with Gasteiger partial charge in [0.1, 0.15) is 6.09 Å². The van der Waals surface area contributed by atoms with Crippen molar-refractivity contribution in [1.29, 1.82) is 0 Å². The lowest BCUT2D eigenvalue weighted by Gasteiger charge is -2.31. The predicted molar refractivity (Wildman–Crippen MR) is 45.5 cm³/mol. The third-order valence-electron chi connectivity index (χ3n) is 1.32.